The molecule has 1 aliphatic heterocycles. The molecule has 0 atom stereocenters. The van der Waals surface area contributed by atoms with E-state index < -0.39 is 17.2 Å². The summed E-state index contributed by atoms with van der Waals surface area (Å²) in [5.74, 6) is 0.869. The summed E-state index contributed by atoms with van der Waals surface area (Å²) in [5.41, 5.74) is 12.1. The number of rotatable bonds is 6. The average Bonchev–Trinajstić information content (AvgIpc) is 3.72. The van der Waals surface area contributed by atoms with E-state index in [2.05, 4.69) is 94.4 Å². The van der Waals surface area contributed by atoms with Crippen molar-refractivity contribution in [2.75, 3.05) is 0 Å². The molecule has 0 fully saturated rings. The van der Waals surface area contributed by atoms with Crippen LogP contribution in [0.2, 0.25) is 0 Å². The molecule has 324 valence electrons. The maximum atomic E-state index is 15.8. The Morgan fingerprint density at radius 2 is 1.03 bits per heavy atom. The average molecular weight is 1060 g/mol. The van der Waals surface area contributed by atoms with E-state index in [1.807, 2.05) is 98.8 Å². The third kappa shape index (κ3) is 8.08. The third-order valence-electron chi connectivity index (χ3n) is 12.4. The summed E-state index contributed by atoms with van der Waals surface area (Å²) < 4.78 is 47.7. The number of thiophene rings is 1. The molecule has 0 saturated carbocycles. The summed E-state index contributed by atoms with van der Waals surface area (Å²) in [6, 6.07) is 54.9. The monoisotopic (exact) mass is 1050 g/mol. The van der Waals surface area contributed by atoms with Gasteiger partial charge in [0.15, 0.2) is 0 Å². The molecule has 1 aliphatic rings. The van der Waals surface area contributed by atoms with Gasteiger partial charge in [0.1, 0.15) is 5.82 Å². The number of hydrogen-bond acceptors (Lipinski definition) is 4. The van der Waals surface area contributed by atoms with Crippen molar-refractivity contribution < 1.29 is 34.2 Å². The minimum atomic E-state index is -4.73. The Labute approximate surface area is 396 Å². The van der Waals surface area contributed by atoms with Gasteiger partial charge in [-0.2, -0.15) is 13.2 Å². The predicted molar refractivity (Wildman–Crippen MR) is 256 cm³/mol. The van der Waals surface area contributed by atoms with Crippen molar-refractivity contribution in [2.24, 2.45) is 0 Å². The SMILES string of the molecule is CC(C)c1cccc(C(C)C)c1-c1cc[c-]c(-c2cccc(C(C)(C)c3nc4c5sc(c(C(F)(F)F)c5n3)-c3cccc(c3)-c3cccc(c3)-c3cccc(c3)-c3cc[c-]c-4c3)n2)c1.[Pt+2]. The topological polar surface area (TPSA) is 38.7 Å². The van der Waals surface area contributed by atoms with Gasteiger partial charge in [-0.1, -0.05) is 113 Å². The molecule has 10 bridgehead atoms. The minimum absolute atomic E-state index is 0. The van der Waals surface area contributed by atoms with E-state index in [0.717, 1.165) is 55.8 Å². The standard InChI is InChI=1S/C57H44F3N3S.Pt/c1-33(2)45-24-12-25-46(34(3)4)49(45)42-21-11-20-41(32-42)47-26-13-27-48(61-47)56(5,6)55-62-51-43-22-9-18-39(30-43)37-16-7-14-35(28-37)36-15-8-17-38(29-36)40-19-10-23-44(31-40)53-50(57(58,59)60)52(63-55)54(51)64-53;/h7-19,21,23-34H,1-6H3;/q-2;+2. The Morgan fingerprint density at radius 3 is 1.62 bits per heavy atom. The summed E-state index contributed by atoms with van der Waals surface area (Å²) in [6.07, 6.45) is -4.73. The molecule has 65 heavy (non-hydrogen) atoms. The van der Waals surface area contributed by atoms with Gasteiger partial charge in [-0.15, -0.1) is 82.1 Å². The predicted octanol–water partition coefficient (Wildman–Crippen LogP) is 16.3. The summed E-state index contributed by atoms with van der Waals surface area (Å²) in [6.45, 7) is 12.7. The van der Waals surface area contributed by atoms with Gasteiger partial charge >= 0.3 is 27.2 Å². The van der Waals surface area contributed by atoms with Gasteiger partial charge in [0, 0.05) is 21.0 Å². The first-order valence-corrected chi connectivity index (χ1v) is 22.4. The number of pyridine rings is 1. The van der Waals surface area contributed by atoms with Gasteiger partial charge in [-0.25, -0.2) is 4.98 Å². The summed E-state index contributed by atoms with van der Waals surface area (Å²) >= 11 is 1.08. The number of halogens is 3. The van der Waals surface area contributed by atoms with E-state index in [9.17, 15) is 0 Å². The molecular formula is C57H44F3N3PtS. The Hall–Kier alpha value is -6.01. The first kappa shape index (κ1) is 44.2. The molecule has 10 rings (SSSR count). The molecule has 0 saturated heterocycles. The molecule has 3 nitrogen and oxygen atoms in total. The van der Waals surface area contributed by atoms with Crippen LogP contribution in [0.15, 0.2) is 146 Å². The number of fused-ring (bicyclic) bond motifs is 14. The molecule has 0 spiro atoms. The van der Waals surface area contributed by atoms with Crippen LogP contribution in [-0.2, 0) is 32.7 Å². The van der Waals surface area contributed by atoms with Gasteiger partial charge in [-0.05, 0) is 106 Å². The molecule has 0 unspecified atom stereocenters. The van der Waals surface area contributed by atoms with Crippen molar-refractivity contribution in [3.05, 3.63) is 186 Å². The largest absolute Gasteiger partial charge is 2.00 e. The Balaban J connectivity index is 0.00000533. The van der Waals surface area contributed by atoms with Gasteiger partial charge < -0.3 is 4.98 Å². The number of aromatic nitrogens is 3. The van der Waals surface area contributed by atoms with E-state index >= 15 is 13.2 Å². The van der Waals surface area contributed by atoms with E-state index in [1.54, 1.807) is 6.07 Å². The van der Waals surface area contributed by atoms with Crippen molar-refractivity contribution >= 4 is 21.6 Å². The van der Waals surface area contributed by atoms with Crippen molar-refractivity contribution in [3.8, 4) is 77.5 Å². The van der Waals surface area contributed by atoms with Crippen LogP contribution >= 0.6 is 11.3 Å². The molecule has 8 heteroatoms. The van der Waals surface area contributed by atoms with Crippen LogP contribution in [0.3, 0.4) is 0 Å². The van der Waals surface area contributed by atoms with Crippen LogP contribution in [0.1, 0.15) is 81.6 Å². The Bertz CT molecular complexity index is 3250. The van der Waals surface area contributed by atoms with Crippen molar-refractivity contribution in [1.29, 1.82) is 0 Å². The fourth-order valence-corrected chi connectivity index (χ4v) is 10.2. The Kier molecular flexibility index (Phi) is 11.6. The van der Waals surface area contributed by atoms with Crippen LogP contribution in [0, 0.1) is 12.1 Å². The molecule has 3 aromatic heterocycles. The second kappa shape index (κ2) is 17.1. The zero-order chi connectivity index (χ0) is 44.5. The first-order chi connectivity index (χ1) is 30.7. The van der Waals surface area contributed by atoms with E-state index in [4.69, 9.17) is 15.0 Å². The fourth-order valence-electron chi connectivity index (χ4n) is 8.99. The normalized spacial score (nSPS) is 12.2. The minimum Gasteiger partial charge on any atom is -0.300 e. The first-order valence-electron chi connectivity index (χ1n) is 21.6. The summed E-state index contributed by atoms with van der Waals surface area (Å²) in [7, 11) is 0. The molecule has 0 radical (unpaired) electrons. The smallest absolute Gasteiger partial charge is 0.300 e. The van der Waals surface area contributed by atoms with E-state index in [0.29, 0.717) is 44.7 Å². The van der Waals surface area contributed by atoms with Crippen molar-refractivity contribution in [1.82, 2.24) is 15.0 Å². The van der Waals surface area contributed by atoms with Gasteiger partial charge in [0.05, 0.1) is 16.5 Å². The number of benzene rings is 6. The van der Waals surface area contributed by atoms with Crippen molar-refractivity contribution in [2.45, 2.75) is 65.0 Å². The zero-order valence-corrected chi connectivity index (χ0v) is 39.8. The van der Waals surface area contributed by atoms with Crippen LogP contribution in [0.25, 0.3) is 87.7 Å². The second-order valence-corrected chi connectivity index (χ2v) is 18.8. The van der Waals surface area contributed by atoms with Crippen LogP contribution < -0.4 is 0 Å². The number of alkyl halides is 3. The van der Waals surface area contributed by atoms with Crippen LogP contribution in [0.4, 0.5) is 13.2 Å². The van der Waals surface area contributed by atoms with Crippen LogP contribution in [0.5, 0.6) is 0 Å². The van der Waals surface area contributed by atoms with Gasteiger partial charge in [0.25, 0.3) is 0 Å². The third-order valence-corrected chi connectivity index (χ3v) is 13.6. The zero-order valence-electron chi connectivity index (χ0n) is 36.7. The fraction of sp³-hybridized carbons (Fsp3) is 0.175. The van der Waals surface area contributed by atoms with E-state index in [1.165, 1.54) is 16.7 Å². The van der Waals surface area contributed by atoms with Gasteiger partial charge in [0.2, 0.25) is 0 Å². The molecule has 9 aromatic rings. The van der Waals surface area contributed by atoms with Crippen LogP contribution in [-0.4, -0.2) is 15.0 Å². The molecular weight excluding hydrogens is 1010 g/mol. The van der Waals surface area contributed by atoms with E-state index in [-0.39, 0.29) is 37.3 Å². The second-order valence-electron chi connectivity index (χ2n) is 17.8. The number of nitrogens with zero attached hydrogens (tertiary/aromatic N) is 3. The molecule has 0 aliphatic carbocycles. The maximum Gasteiger partial charge on any atom is 2.00 e. The van der Waals surface area contributed by atoms with Gasteiger partial charge in [-0.3, -0.25) is 4.98 Å². The molecule has 6 aromatic carbocycles. The summed E-state index contributed by atoms with van der Waals surface area (Å²) in [4.78, 5) is 15.4. The number of hydrogen-bond donors (Lipinski definition) is 0. The summed E-state index contributed by atoms with van der Waals surface area (Å²) in [5, 5.41) is 0. The Morgan fingerprint density at radius 1 is 0.538 bits per heavy atom. The maximum absolute atomic E-state index is 15.8. The quantitative estimate of drug-likeness (QED) is 0.156. The molecule has 4 heterocycles. The molecule has 0 amide bonds. The molecule has 0 N–H and O–H groups in total. The van der Waals surface area contributed by atoms with Crippen molar-refractivity contribution in [3.63, 3.8) is 0 Å².